The fourth-order valence-corrected chi connectivity index (χ4v) is 1.85. The first kappa shape index (κ1) is 14.3. The maximum atomic E-state index is 11.9. The fraction of sp³-hybridized carbons (Fsp3) is 0.917. The molecule has 1 aliphatic heterocycles. The number of hydrogen-bond acceptors (Lipinski definition) is 4. The molecule has 17 heavy (non-hydrogen) atoms. The first-order valence-electron chi connectivity index (χ1n) is 6.09. The minimum absolute atomic E-state index is 0.0835. The number of carbonyl (C=O) groups excluding carboxylic acids is 1. The Labute approximate surface area is 103 Å². The summed E-state index contributed by atoms with van der Waals surface area (Å²) in [5.74, 6) is 0. The van der Waals surface area contributed by atoms with E-state index in [4.69, 9.17) is 9.47 Å². The third kappa shape index (κ3) is 4.52. The number of aliphatic hydroxyl groups is 1. The number of amides is 1. The zero-order valence-corrected chi connectivity index (χ0v) is 11.1. The maximum absolute atomic E-state index is 11.9. The zero-order valence-electron chi connectivity index (χ0n) is 11.1. The Kier molecular flexibility index (Phi) is 4.77. The van der Waals surface area contributed by atoms with E-state index in [-0.39, 0.29) is 12.1 Å². The van der Waals surface area contributed by atoms with Crippen LogP contribution in [0.4, 0.5) is 4.79 Å². The minimum atomic E-state index is -0.513. The second-order valence-corrected chi connectivity index (χ2v) is 5.34. The normalized spacial score (nSPS) is 25.1. The lowest BCUT2D eigenvalue weighted by molar-refractivity contribution is 0.0108. The third-order valence-corrected chi connectivity index (χ3v) is 2.53. The highest BCUT2D eigenvalue weighted by molar-refractivity contribution is 5.69. The molecule has 0 aromatic rings. The molecule has 0 spiro atoms. The van der Waals surface area contributed by atoms with E-state index in [9.17, 15) is 9.90 Å². The molecule has 1 fully saturated rings. The minimum Gasteiger partial charge on any atom is -0.444 e. The second-order valence-electron chi connectivity index (χ2n) is 5.34. The van der Waals surface area contributed by atoms with Gasteiger partial charge in [0.25, 0.3) is 0 Å². The van der Waals surface area contributed by atoms with Gasteiger partial charge in [-0.1, -0.05) is 0 Å². The van der Waals surface area contributed by atoms with Gasteiger partial charge < -0.3 is 19.5 Å². The van der Waals surface area contributed by atoms with E-state index in [1.807, 2.05) is 27.7 Å². The van der Waals surface area contributed by atoms with Gasteiger partial charge in [-0.3, -0.25) is 0 Å². The van der Waals surface area contributed by atoms with Gasteiger partial charge in [-0.05, 0) is 34.1 Å². The topological polar surface area (TPSA) is 59.0 Å². The van der Waals surface area contributed by atoms with Gasteiger partial charge in [0.05, 0.1) is 25.3 Å². The van der Waals surface area contributed by atoms with Gasteiger partial charge in [0, 0.05) is 6.61 Å². The van der Waals surface area contributed by atoms with Crippen LogP contribution in [0, 0.1) is 0 Å². The van der Waals surface area contributed by atoms with Gasteiger partial charge in [0.15, 0.2) is 0 Å². The molecule has 1 aliphatic rings. The molecule has 1 amide bonds. The van der Waals surface area contributed by atoms with Crippen molar-refractivity contribution >= 4 is 6.09 Å². The highest BCUT2D eigenvalue weighted by Crippen LogP contribution is 2.21. The smallest absolute Gasteiger partial charge is 0.410 e. The number of ether oxygens (including phenoxy) is 2. The van der Waals surface area contributed by atoms with E-state index in [0.29, 0.717) is 26.2 Å². The molecule has 1 saturated heterocycles. The first-order chi connectivity index (χ1) is 7.83. The summed E-state index contributed by atoms with van der Waals surface area (Å²) < 4.78 is 10.6. The summed E-state index contributed by atoms with van der Waals surface area (Å²) >= 11 is 0. The van der Waals surface area contributed by atoms with E-state index >= 15 is 0 Å². The van der Waals surface area contributed by atoms with Crippen molar-refractivity contribution in [2.24, 2.45) is 0 Å². The highest BCUT2D eigenvalue weighted by Gasteiger charge is 2.36. The van der Waals surface area contributed by atoms with Crippen LogP contribution in [0.25, 0.3) is 0 Å². The van der Waals surface area contributed by atoms with Crippen molar-refractivity contribution in [1.29, 1.82) is 0 Å². The van der Waals surface area contributed by atoms with Crippen LogP contribution in [0.15, 0.2) is 0 Å². The Hall–Kier alpha value is -0.810. The van der Waals surface area contributed by atoms with Crippen molar-refractivity contribution in [3.63, 3.8) is 0 Å². The third-order valence-electron chi connectivity index (χ3n) is 2.53. The van der Waals surface area contributed by atoms with Gasteiger partial charge in [-0.15, -0.1) is 0 Å². The highest BCUT2D eigenvalue weighted by atomic mass is 16.6. The number of hydrogen-bond donors (Lipinski definition) is 1. The standard InChI is InChI=1S/C12H23NO4/c1-5-16-8-9-6-10(14)7-13(9)11(15)17-12(2,3)4/h9-10,14H,5-8H2,1-4H3. The van der Waals surface area contributed by atoms with Crippen LogP contribution >= 0.6 is 0 Å². The monoisotopic (exact) mass is 245 g/mol. The van der Waals surface area contributed by atoms with E-state index in [1.165, 1.54) is 0 Å². The summed E-state index contributed by atoms with van der Waals surface area (Å²) in [5, 5.41) is 9.61. The van der Waals surface area contributed by atoms with Gasteiger partial charge in [-0.2, -0.15) is 0 Å². The van der Waals surface area contributed by atoms with Crippen LogP contribution in [-0.2, 0) is 9.47 Å². The van der Waals surface area contributed by atoms with Crippen LogP contribution in [0.2, 0.25) is 0 Å². The summed E-state index contributed by atoms with van der Waals surface area (Å²) in [4.78, 5) is 13.5. The van der Waals surface area contributed by atoms with Crippen LogP contribution in [-0.4, -0.2) is 53.6 Å². The maximum Gasteiger partial charge on any atom is 0.410 e. The lowest BCUT2D eigenvalue weighted by Gasteiger charge is -2.28. The van der Waals surface area contributed by atoms with Crippen LogP contribution in [0.1, 0.15) is 34.1 Å². The molecule has 1 heterocycles. The SMILES string of the molecule is CCOCC1CC(O)CN1C(=O)OC(C)(C)C. The van der Waals surface area contributed by atoms with Crippen molar-refractivity contribution < 1.29 is 19.4 Å². The predicted molar refractivity (Wildman–Crippen MR) is 63.8 cm³/mol. The summed E-state index contributed by atoms with van der Waals surface area (Å²) in [7, 11) is 0. The number of rotatable bonds is 3. The molecule has 0 bridgehead atoms. The van der Waals surface area contributed by atoms with Crippen molar-refractivity contribution in [2.45, 2.75) is 51.9 Å². The van der Waals surface area contributed by atoms with Gasteiger partial charge >= 0.3 is 6.09 Å². The first-order valence-corrected chi connectivity index (χ1v) is 6.09. The number of carbonyl (C=O) groups is 1. The average Bonchev–Trinajstić information content (AvgIpc) is 2.54. The molecular formula is C12H23NO4. The number of aliphatic hydroxyl groups excluding tert-OH is 1. The Bertz CT molecular complexity index is 262. The summed E-state index contributed by atoms with van der Waals surface area (Å²) in [6.07, 6.45) is -0.300. The molecular weight excluding hydrogens is 222 g/mol. The Balaban J connectivity index is 2.57. The van der Waals surface area contributed by atoms with Crippen molar-refractivity contribution in [3.05, 3.63) is 0 Å². The largest absolute Gasteiger partial charge is 0.444 e. The number of β-amino-alcohol motifs (C(OH)–C–C–N with tert-alkyl or cyclic N) is 1. The summed E-state index contributed by atoms with van der Waals surface area (Å²) in [6, 6.07) is -0.0835. The molecule has 100 valence electrons. The van der Waals surface area contributed by atoms with Crippen molar-refractivity contribution in [3.8, 4) is 0 Å². The van der Waals surface area contributed by atoms with Crippen molar-refractivity contribution in [2.75, 3.05) is 19.8 Å². The fourth-order valence-electron chi connectivity index (χ4n) is 1.85. The van der Waals surface area contributed by atoms with Gasteiger partial charge in [0.2, 0.25) is 0 Å². The number of nitrogens with zero attached hydrogens (tertiary/aromatic N) is 1. The van der Waals surface area contributed by atoms with Gasteiger partial charge in [-0.25, -0.2) is 4.79 Å². The Morgan fingerprint density at radius 3 is 2.65 bits per heavy atom. The van der Waals surface area contributed by atoms with Crippen LogP contribution in [0.5, 0.6) is 0 Å². The molecule has 2 unspecified atom stereocenters. The number of likely N-dealkylation sites (tertiary alicyclic amines) is 1. The zero-order chi connectivity index (χ0) is 13.1. The van der Waals surface area contributed by atoms with Crippen LogP contribution in [0.3, 0.4) is 0 Å². The lowest BCUT2D eigenvalue weighted by atomic mass is 10.2. The molecule has 1 rings (SSSR count). The Morgan fingerprint density at radius 1 is 1.47 bits per heavy atom. The van der Waals surface area contributed by atoms with Crippen molar-refractivity contribution in [1.82, 2.24) is 4.90 Å². The second kappa shape index (κ2) is 5.69. The molecule has 0 aromatic heterocycles. The molecule has 2 atom stereocenters. The van der Waals surface area contributed by atoms with E-state index in [2.05, 4.69) is 0 Å². The lowest BCUT2D eigenvalue weighted by Crippen LogP contribution is -2.42. The molecule has 5 heteroatoms. The Morgan fingerprint density at radius 2 is 2.12 bits per heavy atom. The average molecular weight is 245 g/mol. The molecule has 1 N–H and O–H groups in total. The molecule has 0 aliphatic carbocycles. The summed E-state index contributed by atoms with van der Waals surface area (Å²) in [6.45, 7) is 8.77. The van der Waals surface area contributed by atoms with E-state index in [0.717, 1.165) is 0 Å². The van der Waals surface area contributed by atoms with E-state index < -0.39 is 11.7 Å². The predicted octanol–water partition coefficient (Wildman–Crippen LogP) is 1.39. The van der Waals surface area contributed by atoms with Gasteiger partial charge in [0.1, 0.15) is 5.60 Å². The van der Waals surface area contributed by atoms with Crippen LogP contribution < -0.4 is 0 Å². The summed E-state index contributed by atoms with van der Waals surface area (Å²) in [5.41, 5.74) is -0.513. The quantitative estimate of drug-likeness (QED) is 0.816. The molecule has 0 saturated carbocycles. The molecule has 0 radical (unpaired) electrons. The van der Waals surface area contributed by atoms with E-state index in [1.54, 1.807) is 4.90 Å². The molecule has 5 nitrogen and oxygen atoms in total. The molecule has 0 aromatic carbocycles.